The highest BCUT2D eigenvalue weighted by Crippen LogP contribution is 2.24. The van der Waals surface area contributed by atoms with Gasteiger partial charge in [-0.3, -0.25) is 9.59 Å². The molecule has 0 spiro atoms. The molecule has 0 aliphatic carbocycles. The Morgan fingerprint density at radius 1 is 1.27 bits per heavy atom. The fourth-order valence-corrected chi connectivity index (χ4v) is 2.40. The van der Waals surface area contributed by atoms with Gasteiger partial charge in [0.1, 0.15) is 6.04 Å². The number of rotatable bonds is 8. The maximum atomic E-state index is 12.1. The molecule has 7 heteroatoms. The van der Waals surface area contributed by atoms with Crippen molar-refractivity contribution >= 4 is 23.6 Å². The third-order valence-electron chi connectivity index (χ3n) is 3.06. The molecule has 0 saturated heterocycles. The standard InChI is InChI=1S/C15H22N2O4S/c1-10(18)17-12(6-8-22-2)15(21)16-7-5-11-3-4-13(19)14(20)9-11/h3-4,9,12,19-20H,5-8H2,1-2H3,(H,16,21)(H,17,18)/t12-/m0/s1. The third kappa shape index (κ3) is 6.26. The summed E-state index contributed by atoms with van der Waals surface area (Å²) in [5.41, 5.74) is 0.802. The number of carbonyl (C=O) groups excluding carboxylic acids is 2. The van der Waals surface area contributed by atoms with E-state index in [1.807, 2.05) is 6.26 Å². The highest BCUT2D eigenvalue weighted by Gasteiger charge is 2.18. The van der Waals surface area contributed by atoms with Crippen molar-refractivity contribution in [3.05, 3.63) is 23.8 Å². The number of amides is 2. The molecule has 0 aromatic heterocycles. The second kappa shape index (κ2) is 9.19. The van der Waals surface area contributed by atoms with Crippen LogP contribution in [0.3, 0.4) is 0 Å². The van der Waals surface area contributed by atoms with E-state index in [9.17, 15) is 19.8 Å². The van der Waals surface area contributed by atoms with Crippen LogP contribution < -0.4 is 10.6 Å². The summed E-state index contributed by atoms with van der Waals surface area (Å²) in [5.74, 6) is -0.0167. The normalized spacial score (nSPS) is 11.7. The predicted octanol–water partition coefficient (Wildman–Crippen LogP) is 1.01. The SMILES string of the molecule is CSCC[C@H](NC(C)=O)C(=O)NCCc1ccc(O)c(O)c1. The summed E-state index contributed by atoms with van der Waals surface area (Å²) in [6.45, 7) is 1.77. The van der Waals surface area contributed by atoms with Crippen molar-refractivity contribution in [3.8, 4) is 11.5 Å². The minimum absolute atomic E-state index is 0.171. The first-order valence-electron chi connectivity index (χ1n) is 6.98. The fraction of sp³-hybridized carbons (Fsp3) is 0.467. The van der Waals surface area contributed by atoms with Gasteiger partial charge in [0.2, 0.25) is 11.8 Å². The summed E-state index contributed by atoms with van der Waals surface area (Å²) >= 11 is 1.62. The van der Waals surface area contributed by atoms with Crippen molar-refractivity contribution in [2.75, 3.05) is 18.6 Å². The number of hydrogen-bond acceptors (Lipinski definition) is 5. The van der Waals surface area contributed by atoms with Crippen LogP contribution in [0.15, 0.2) is 18.2 Å². The molecule has 6 nitrogen and oxygen atoms in total. The second-order valence-electron chi connectivity index (χ2n) is 4.90. The zero-order valence-electron chi connectivity index (χ0n) is 12.8. The number of hydrogen-bond donors (Lipinski definition) is 4. The molecular formula is C15H22N2O4S. The number of benzene rings is 1. The van der Waals surface area contributed by atoms with Crippen LogP contribution in [0, 0.1) is 0 Å². The average Bonchev–Trinajstić information content (AvgIpc) is 2.46. The minimum atomic E-state index is -0.529. The van der Waals surface area contributed by atoms with Gasteiger partial charge >= 0.3 is 0 Å². The first kappa shape index (κ1) is 18.2. The molecule has 0 heterocycles. The van der Waals surface area contributed by atoms with E-state index in [0.717, 1.165) is 11.3 Å². The number of phenolic OH excluding ortho intramolecular Hbond substituents is 2. The molecule has 122 valence electrons. The maximum Gasteiger partial charge on any atom is 0.242 e. The van der Waals surface area contributed by atoms with E-state index in [-0.39, 0.29) is 23.3 Å². The van der Waals surface area contributed by atoms with Gasteiger partial charge in [0.25, 0.3) is 0 Å². The Bertz CT molecular complexity index is 522. The first-order chi connectivity index (χ1) is 10.4. The highest BCUT2D eigenvalue weighted by molar-refractivity contribution is 7.98. The van der Waals surface area contributed by atoms with Crippen LogP contribution in [-0.2, 0) is 16.0 Å². The highest BCUT2D eigenvalue weighted by atomic mass is 32.2. The lowest BCUT2D eigenvalue weighted by Gasteiger charge is -2.17. The molecule has 0 saturated carbocycles. The summed E-state index contributed by atoms with van der Waals surface area (Å²) in [6, 6.07) is 4.02. The zero-order valence-corrected chi connectivity index (χ0v) is 13.6. The lowest BCUT2D eigenvalue weighted by Crippen LogP contribution is -2.46. The molecule has 0 fully saturated rings. The van der Waals surface area contributed by atoms with E-state index in [1.54, 1.807) is 17.8 Å². The van der Waals surface area contributed by atoms with Crippen LogP contribution in [0.5, 0.6) is 11.5 Å². The lowest BCUT2D eigenvalue weighted by atomic mass is 10.1. The first-order valence-corrected chi connectivity index (χ1v) is 8.38. The quantitative estimate of drug-likeness (QED) is 0.535. The molecule has 0 aliphatic heterocycles. The number of aromatic hydroxyl groups is 2. The predicted molar refractivity (Wildman–Crippen MR) is 87.1 cm³/mol. The van der Waals surface area contributed by atoms with Gasteiger partial charge in [-0.05, 0) is 42.5 Å². The van der Waals surface area contributed by atoms with Crippen LogP contribution >= 0.6 is 11.8 Å². The summed E-state index contributed by atoms with van der Waals surface area (Å²) < 4.78 is 0. The largest absolute Gasteiger partial charge is 0.504 e. The van der Waals surface area contributed by atoms with E-state index in [0.29, 0.717) is 19.4 Å². The molecule has 4 N–H and O–H groups in total. The number of thioether (sulfide) groups is 1. The second-order valence-corrected chi connectivity index (χ2v) is 5.88. The minimum Gasteiger partial charge on any atom is -0.504 e. The van der Waals surface area contributed by atoms with Gasteiger partial charge in [0, 0.05) is 13.5 Å². The number of carbonyl (C=O) groups is 2. The van der Waals surface area contributed by atoms with Gasteiger partial charge in [0.15, 0.2) is 11.5 Å². The molecule has 0 unspecified atom stereocenters. The summed E-state index contributed by atoms with van der Waals surface area (Å²) in [6.07, 6.45) is 3.04. The molecule has 1 aromatic carbocycles. The monoisotopic (exact) mass is 326 g/mol. The van der Waals surface area contributed by atoms with Gasteiger partial charge < -0.3 is 20.8 Å². The van der Waals surface area contributed by atoms with Crippen LogP contribution in [0.2, 0.25) is 0 Å². The topological polar surface area (TPSA) is 98.7 Å². The Morgan fingerprint density at radius 3 is 2.59 bits per heavy atom. The van der Waals surface area contributed by atoms with E-state index < -0.39 is 6.04 Å². The molecule has 2 amide bonds. The molecule has 0 radical (unpaired) electrons. The Balaban J connectivity index is 2.47. The molecule has 0 bridgehead atoms. The van der Waals surface area contributed by atoms with Gasteiger partial charge in [-0.15, -0.1) is 0 Å². The summed E-state index contributed by atoms with van der Waals surface area (Å²) in [5, 5.41) is 24.1. The smallest absolute Gasteiger partial charge is 0.242 e. The molecular weight excluding hydrogens is 304 g/mol. The Hall–Kier alpha value is -1.89. The van der Waals surface area contributed by atoms with E-state index in [4.69, 9.17) is 0 Å². The van der Waals surface area contributed by atoms with Crippen LogP contribution in [0.25, 0.3) is 0 Å². The number of phenols is 2. The molecule has 0 aliphatic rings. The van der Waals surface area contributed by atoms with Crippen molar-refractivity contribution < 1.29 is 19.8 Å². The van der Waals surface area contributed by atoms with E-state index >= 15 is 0 Å². The van der Waals surface area contributed by atoms with Crippen LogP contribution in [0.4, 0.5) is 0 Å². The maximum absolute atomic E-state index is 12.1. The van der Waals surface area contributed by atoms with Crippen molar-refractivity contribution in [2.24, 2.45) is 0 Å². The Labute approximate surface area is 134 Å². The van der Waals surface area contributed by atoms with E-state index in [2.05, 4.69) is 10.6 Å². The summed E-state index contributed by atoms with van der Waals surface area (Å²) in [7, 11) is 0. The van der Waals surface area contributed by atoms with Crippen LogP contribution in [0.1, 0.15) is 18.9 Å². The van der Waals surface area contributed by atoms with Gasteiger partial charge in [-0.25, -0.2) is 0 Å². The van der Waals surface area contributed by atoms with Gasteiger partial charge in [0.05, 0.1) is 0 Å². The summed E-state index contributed by atoms with van der Waals surface area (Å²) in [4.78, 5) is 23.2. The van der Waals surface area contributed by atoms with Gasteiger partial charge in [-0.2, -0.15) is 11.8 Å². The Kier molecular flexibility index (Phi) is 7.59. The molecule has 1 aromatic rings. The third-order valence-corrected chi connectivity index (χ3v) is 3.70. The van der Waals surface area contributed by atoms with Crippen molar-refractivity contribution in [1.82, 2.24) is 10.6 Å². The van der Waals surface area contributed by atoms with Crippen molar-refractivity contribution in [2.45, 2.75) is 25.8 Å². The zero-order chi connectivity index (χ0) is 16.5. The molecule has 1 rings (SSSR count). The average molecular weight is 326 g/mol. The van der Waals surface area contributed by atoms with Crippen molar-refractivity contribution in [1.29, 1.82) is 0 Å². The van der Waals surface area contributed by atoms with Gasteiger partial charge in [-0.1, -0.05) is 6.07 Å². The molecule has 22 heavy (non-hydrogen) atoms. The fourth-order valence-electron chi connectivity index (χ4n) is 1.93. The number of nitrogens with one attached hydrogen (secondary N) is 2. The van der Waals surface area contributed by atoms with Crippen LogP contribution in [-0.4, -0.2) is 46.6 Å². The lowest BCUT2D eigenvalue weighted by molar-refractivity contribution is -0.128. The molecule has 1 atom stereocenters. The van der Waals surface area contributed by atoms with Crippen molar-refractivity contribution in [3.63, 3.8) is 0 Å². The Morgan fingerprint density at radius 2 is 2.00 bits per heavy atom. The van der Waals surface area contributed by atoms with E-state index in [1.165, 1.54) is 19.1 Å².